The minimum atomic E-state index is -0.595. The van der Waals surface area contributed by atoms with Crippen molar-refractivity contribution in [3.63, 3.8) is 0 Å². The second-order valence-electron chi connectivity index (χ2n) is 6.38. The lowest BCUT2D eigenvalue weighted by Crippen LogP contribution is -2.55. The first-order valence-corrected chi connectivity index (χ1v) is 6.62. The fourth-order valence-corrected chi connectivity index (χ4v) is 3.19. The number of ether oxygens (including phenoxy) is 3. The largest absolute Gasteiger partial charge is 0.357 e. The van der Waals surface area contributed by atoms with Crippen LogP contribution in [0.25, 0.3) is 0 Å². The first-order chi connectivity index (χ1) is 8.79. The van der Waals surface area contributed by atoms with Crippen LogP contribution >= 0.6 is 0 Å². The highest BCUT2D eigenvalue weighted by Crippen LogP contribution is 2.48. The highest BCUT2D eigenvalue weighted by atomic mass is 16.8. The van der Waals surface area contributed by atoms with Crippen LogP contribution in [0.5, 0.6) is 0 Å². The van der Waals surface area contributed by atoms with E-state index in [0.717, 1.165) is 0 Å². The molecule has 6 heteroatoms. The molecule has 0 spiro atoms. The Morgan fingerprint density at radius 3 is 2.53 bits per heavy atom. The van der Waals surface area contributed by atoms with E-state index in [1.807, 2.05) is 32.8 Å². The smallest absolute Gasteiger partial charge is 0.167 e. The van der Waals surface area contributed by atoms with Crippen molar-refractivity contribution in [3.8, 4) is 6.07 Å². The van der Waals surface area contributed by atoms with Gasteiger partial charge < -0.3 is 14.2 Å². The fourth-order valence-electron chi connectivity index (χ4n) is 3.19. The maximum atomic E-state index is 9.14. The lowest BCUT2D eigenvalue weighted by Gasteiger charge is -2.36. The van der Waals surface area contributed by atoms with Crippen molar-refractivity contribution in [2.45, 2.75) is 63.4 Å². The molecule has 6 nitrogen and oxygen atoms in total. The third kappa shape index (κ3) is 1.89. The average Bonchev–Trinajstić information content (AvgIpc) is 2.93. The summed E-state index contributed by atoms with van der Waals surface area (Å²) in [6.45, 7) is 8.65. The lowest BCUT2D eigenvalue weighted by atomic mass is 9.88. The van der Waals surface area contributed by atoms with E-state index in [1.54, 1.807) is 0 Å². The number of fused-ring (bicyclic) bond motifs is 1. The molecule has 3 saturated heterocycles. The number of hydroxylamine groups is 2. The zero-order valence-electron chi connectivity index (χ0n) is 11.8. The van der Waals surface area contributed by atoms with Crippen molar-refractivity contribution in [2.24, 2.45) is 0 Å². The molecule has 0 saturated carbocycles. The van der Waals surface area contributed by atoms with Gasteiger partial charge in [0.15, 0.2) is 11.9 Å². The Morgan fingerprint density at radius 1 is 1.21 bits per heavy atom. The highest BCUT2D eigenvalue weighted by molar-refractivity contribution is 5.11. The third-order valence-corrected chi connectivity index (χ3v) is 4.09. The highest BCUT2D eigenvalue weighted by Gasteiger charge is 2.65. The van der Waals surface area contributed by atoms with Gasteiger partial charge in [0, 0.05) is 6.42 Å². The number of hydrogen-bond acceptors (Lipinski definition) is 6. The van der Waals surface area contributed by atoms with E-state index in [9.17, 15) is 0 Å². The molecular weight excluding hydrogens is 248 g/mol. The molecule has 0 radical (unpaired) electrons. The maximum Gasteiger partial charge on any atom is 0.167 e. The molecule has 3 atom stereocenters. The quantitative estimate of drug-likeness (QED) is 0.711. The van der Waals surface area contributed by atoms with E-state index >= 15 is 0 Å². The minimum Gasteiger partial charge on any atom is -0.357 e. The summed E-state index contributed by atoms with van der Waals surface area (Å²) < 4.78 is 17.5. The molecule has 106 valence electrons. The molecule has 19 heavy (non-hydrogen) atoms. The van der Waals surface area contributed by atoms with Crippen molar-refractivity contribution < 1.29 is 19.0 Å². The Bertz CT molecular complexity index is 431. The van der Waals surface area contributed by atoms with E-state index in [-0.39, 0.29) is 6.10 Å². The summed E-state index contributed by atoms with van der Waals surface area (Å²) in [5.41, 5.74) is -0.987. The summed E-state index contributed by atoms with van der Waals surface area (Å²) in [7, 11) is 0. The van der Waals surface area contributed by atoms with Gasteiger partial charge in [0.25, 0.3) is 0 Å². The Morgan fingerprint density at radius 2 is 1.95 bits per heavy atom. The van der Waals surface area contributed by atoms with Gasteiger partial charge >= 0.3 is 0 Å². The Balaban J connectivity index is 1.91. The van der Waals surface area contributed by atoms with Crippen molar-refractivity contribution in [1.82, 2.24) is 5.06 Å². The molecule has 0 unspecified atom stereocenters. The summed E-state index contributed by atoms with van der Waals surface area (Å²) in [5, 5.41) is 10.9. The fraction of sp³-hybridized carbons (Fsp3) is 0.923. The van der Waals surface area contributed by atoms with Crippen LogP contribution in [-0.4, -0.2) is 47.5 Å². The molecular formula is C13H20N2O4. The van der Waals surface area contributed by atoms with Crippen LogP contribution in [0.3, 0.4) is 0 Å². The van der Waals surface area contributed by atoms with Gasteiger partial charge in [-0.25, -0.2) is 0 Å². The van der Waals surface area contributed by atoms with E-state index < -0.39 is 23.2 Å². The third-order valence-electron chi connectivity index (χ3n) is 4.09. The van der Waals surface area contributed by atoms with Crippen LogP contribution in [0.1, 0.15) is 34.1 Å². The summed E-state index contributed by atoms with van der Waals surface area (Å²) in [4.78, 5) is 5.75. The first kappa shape index (κ1) is 13.3. The predicted molar refractivity (Wildman–Crippen MR) is 64.6 cm³/mol. The van der Waals surface area contributed by atoms with Crippen LogP contribution in [0.4, 0.5) is 0 Å². The van der Waals surface area contributed by atoms with E-state index in [1.165, 1.54) is 0 Å². The zero-order chi connectivity index (χ0) is 13.9. The van der Waals surface area contributed by atoms with Gasteiger partial charge in [0.05, 0.1) is 19.3 Å². The van der Waals surface area contributed by atoms with Gasteiger partial charge in [-0.1, -0.05) is 0 Å². The molecule has 3 aliphatic heterocycles. The molecule has 3 heterocycles. The zero-order valence-corrected chi connectivity index (χ0v) is 11.8. The molecule has 0 aliphatic carbocycles. The summed E-state index contributed by atoms with van der Waals surface area (Å²) in [6.07, 6.45) is -0.0186. The van der Waals surface area contributed by atoms with Crippen LogP contribution in [-0.2, 0) is 19.0 Å². The van der Waals surface area contributed by atoms with Gasteiger partial charge in [-0.05, 0) is 27.7 Å². The lowest BCUT2D eigenvalue weighted by molar-refractivity contribution is -0.263. The molecule has 0 N–H and O–H groups in total. The molecule has 0 amide bonds. The number of nitriles is 1. The molecule has 3 aliphatic rings. The first-order valence-electron chi connectivity index (χ1n) is 6.62. The van der Waals surface area contributed by atoms with Crippen LogP contribution < -0.4 is 0 Å². The number of rotatable bonds is 1. The molecule has 0 bridgehead atoms. The van der Waals surface area contributed by atoms with Crippen LogP contribution in [0.15, 0.2) is 0 Å². The molecule has 0 aromatic heterocycles. The van der Waals surface area contributed by atoms with Crippen molar-refractivity contribution in [2.75, 3.05) is 13.2 Å². The van der Waals surface area contributed by atoms with E-state index in [0.29, 0.717) is 19.6 Å². The molecule has 3 fully saturated rings. The Labute approximate surface area is 113 Å². The summed E-state index contributed by atoms with van der Waals surface area (Å²) in [6, 6.07) is 2.18. The van der Waals surface area contributed by atoms with Gasteiger partial charge in [-0.2, -0.15) is 5.26 Å². The normalized spacial score (nSPS) is 44.2. The summed E-state index contributed by atoms with van der Waals surface area (Å²) in [5.74, 6) is -0.595. The van der Waals surface area contributed by atoms with E-state index in [2.05, 4.69) is 6.07 Å². The number of hydrogen-bond donors (Lipinski definition) is 0. The molecule has 3 rings (SSSR count). The van der Waals surface area contributed by atoms with Gasteiger partial charge in [0.1, 0.15) is 17.4 Å². The van der Waals surface area contributed by atoms with E-state index in [4.69, 9.17) is 24.3 Å². The second kappa shape index (κ2) is 3.90. The number of nitrogens with zero attached hydrogens (tertiary/aromatic N) is 2. The monoisotopic (exact) mass is 268 g/mol. The predicted octanol–water partition coefficient (Wildman–Crippen LogP) is 1.17. The van der Waals surface area contributed by atoms with Crippen LogP contribution in [0.2, 0.25) is 0 Å². The van der Waals surface area contributed by atoms with Crippen molar-refractivity contribution in [1.29, 1.82) is 5.26 Å². The van der Waals surface area contributed by atoms with Gasteiger partial charge in [-0.15, -0.1) is 5.06 Å². The van der Waals surface area contributed by atoms with Gasteiger partial charge in [-0.3, -0.25) is 4.84 Å². The maximum absolute atomic E-state index is 9.14. The standard InChI is InChI=1S/C13H20N2O4/c1-11(2)15-13(8-17-11,5-9(6-14)19-15)10-7-16-12(3,4)18-10/h9-10H,5,7-8H2,1-4H3/t9-,10-,13-/m0/s1. The SMILES string of the molecule is CC1(C)OC[C@@H]([C@]23COC(C)(C)N2O[C@H](C#N)C3)O1. The molecule has 0 aromatic carbocycles. The average molecular weight is 268 g/mol. The van der Waals surface area contributed by atoms with Crippen LogP contribution in [0, 0.1) is 11.3 Å². The van der Waals surface area contributed by atoms with Gasteiger partial charge in [0.2, 0.25) is 0 Å². The van der Waals surface area contributed by atoms with Crippen molar-refractivity contribution in [3.05, 3.63) is 0 Å². The minimum absolute atomic E-state index is 0.150. The van der Waals surface area contributed by atoms with Crippen molar-refractivity contribution >= 4 is 0 Å². The second-order valence-corrected chi connectivity index (χ2v) is 6.38. The topological polar surface area (TPSA) is 64.0 Å². The Hall–Kier alpha value is -0.710. The Kier molecular flexibility index (Phi) is 2.73. The summed E-state index contributed by atoms with van der Waals surface area (Å²) >= 11 is 0. The molecule has 0 aromatic rings.